The van der Waals surface area contributed by atoms with Crippen molar-refractivity contribution >= 4 is 23.5 Å². The molecule has 0 atom stereocenters. The molecule has 1 aromatic carbocycles. The number of para-hydroxylation sites is 1. The van der Waals surface area contributed by atoms with E-state index in [9.17, 15) is 9.59 Å². The number of hydrogen-bond acceptors (Lipinski definition) is 8. The molecular formula is C19H23N5O4. The molecule has 0 spiro atoms. The van der Waals surface area contributed by atoms with Gasteiger partial charge in [0.25, 0.3) is 5.91 Å². The first-order chi connectivity index (χ1) is 13.7. The molecule has 1 fully saturated rings. The molecule has 2 heterocycles. The predicted molar refractivity (Wildman–Crippen MR) is 103 cm³/mol. The molecule has 28 heavy (non-hydrogen) atoms. The summed E-state index contributed by atoms with van der Waals surface area (Å²) < 4.78 is 10.1. The van der Waals surface area contributed by atoms with Crippen molar-refractivity contribution in [1.29, 1.82) is 0 Å². The number of nitrogens with zero attached hydrogens (tertiary/aromatic N) is 3. The molecule has 9 heteroatoms. The Morgan fingerprint density at radius 3 is 2.79 bits per heavy atom. The molecule has 2 N–H and O–H groups in total. The molecule has 0 unspecified atom stereocenters. The highest BCUT2D eigenvalue weighted by Gasteiger charge is 2.14. The van der Waals surface area contributed by atoms with Gasteiger partial charge in [0.2, 0.25) is 5.95 Å². The molecule has 2 aromatic rings. The average molecular weight is 385 g/mol. The van der Waals surface area contributed by atoms with Gasteiger partial charge in [-0.25, -0.2) is 14.8 Å². The van der Waals surface area contributed by atoms with Gasteiger partial charge in [-0.2, -0.15) is 0 Å². The van der Waals surface area contributed by atoms with Crippen molar-refractivity contribution < 1.29 is 19.1 Å². The van der Waals surface area contributed by atoms with Crippen molar-refractivity contribution in [2.45, 2.75) is 0 Å². The SMILES string of the molecule is COC(=O)c1ccccc1Nc1nccc(C(=O)NCCN2CCOCC2)n1. The summed E-state index contributed by atoms with van der Waals surface area (Å²) in [5, 5.41) is 5.83. The van der Waals surface area contributed by atoms with Gasteiger partial charge >= 0.3 is 5.97 Å². The fraction of sp³-hybridized carbons (Fsp3) is 0.368. The normalized spacial score (nSPS) is 14.3. The van der Waals surface area contributed by atoms with E-state index in [0.29, 0.717) is 17.8 Å². The fourth-order valence-corrected chi connectivity index (χ4v) is 2.79. The third-order valence-electron chi connectivity index (χ3n) is 4.28. The Labute approximate surface area is 163 Å². The standard InChI is InChI=1S/C19H23N5O4/c1-27-18(26)14-4-2-3-5-15(14)22-19-21-7-6-16(23-19)17(25)20-8-9-24-10-12-28-13-11-24/h2-7H,8-13H2,1H3,(H,20,25)(H,21,22,23). The molecule has 0 radical (unpaired) electrons. The van der Waals surface area contributed by atoms with E-state index in [-0.39, 0.29) is 17.5 Å². The number of methoxy groups -OCH3 is 1. The first kappa shape index (κ1) is 19.7. The van der Waals surface area contributed by atoms with Crippen molar-refractivity contribution in [2.24, 2.45) is 0 Å². The zero-order valence-electron chi connectivity index (χ0n) is 15.7. The Morgan fingerprint density at radius 1 is 1.21 bits per heavy atom. The lowest BCUT2D eigenvalue weighted by Gasteiger charge is -2.26. The minimum Gasteiger partial charge on any atom is -0.465 e. The van der Waals surface area contributed by atoms with E-state index in [1.165, 1.54) is 13.3 Å². The molecule has 0 aliphatic carbocycles. The highest BCUT2D eigenvalue weighted by Crippen LogP contribution is 2.19. The fourth-order valence-electron chi connectivity index (χ4n) is 2.79. The van der Waals surface area contributed by atoms with Crippen LogP contribution in [0.3, 0.4) is 0 Å². The van der Waals surface area contributed by atoms with E-state index < -0.39 is 5.97 Å². The summed E-state index contributed by atoms with van der Waals surface area (Å²) in [6.45, 7) is 4.48. The Bertz CT molecular complexity index is 823. The second-order valence-electron chi connectivity index (χ2n) is 6.14. The number of carbonyl (C=O) groups is 2. The van der Waals surface area contributed by atoms with E-state index in [0.717, 1.165) is 32.8 Å². The number of amides is 1. The Balaban J connectivity index is 1.61. The van der Waals surface area contributed by atoms with Crippen LogP contribution in [0.15, 0.2) is 36.5 Å². The van der Waals surface area contributed by atoms with Gasteiger partial charge in [0.1, 0.15) is 5.69 Å². The van der Waals surface area contributed by atoms with Crippen LogP contribution in [0.1, 0.15) is 20.8 Å². The molecule has 0 bridgehead atoms. The van der Waals surface area contributed by atoms with Crippen molar-refractivity contribution in [3.8, 4) is 0 Å². The van der Waals surface area contributed by atoms with Crippen molar-refractivity contribution in [1.82, 2.24) is 20.2 Å². The van der Waals surface area contributed by atoms with Crippen LogP contribution in [0.5, 0.6) is 0 Å². The monoisotopic (exact) mass is 385 g/mol. The second kappa shape index (κ2) is 9.77. The first-order valence-corrected chi connectivity index (χ1v) is 9.03. The molecule has 3 rings (SSSR count). The summed E-state index contributed by atoms with van der Waals surface area (Å²) in [6.07, 6.45) is 1.49. The molecule has 1 aliphatic heterocycles. The van der Waals surface area contributed by atoms with Crippen LogP contribution < -0.4 is 10.6 Å². The van der Waals surface area contributed by atoms with Crippen LogP contribution in [-0.4, -0.2) is 73.2 Å². The number of aromatic nitrogens is 2. The van der Waals surface area contributed by atoms with E-state index in [1.54, 1.807) is 30.3 Å². The Morgan fingerprint density at radius 2 is 2.00 bits per heavy atom. The maximum Gasteiger partial charge on any atom is 0.339 e. The van der Waals surface area contributed by atoms with Crippen molar-refractivity contribution in [3.05, 3.63) is 47.8 Å². The first-order valence-electron chi connectivity index (χ1n) is 9.03. The van der Waals surface area contributed by atoms with Crippen molar-refractivity contribution in [2.75, 3.05) is 51.8 Å². The number of ether oxygens (including phenoxy) is 2. The lowest BCUT2D eigenvalue weighted by Crippen LogP contribution is -2.41. The summed E-state index contributed by atoms with van der Waals surface area (Å²) in [4.78, 5) is 34.8. The maximum atomic E-state index is 12.4. The zero-order chi connectivity index (χ0) is 19.8. The quantitative estimate of drug-likeness (QED) is 0.682. The second-order valence-corrected chi connectivity index (χ2v) is 6.14. The molecule has 1 aliphatic rings. The number of anilines is 2. The van der Waals surface area contributed by atoms with Crippen LogP contribution in [-0.2, 0) is 9.47 Å². The van der Waals surface area contributed by atoms with Gasteiger partial charge in [0, 0.05) is 32.4 Å². The van der Waals surface area contributed by atoms with Crippen LogP contribution in [0, 0.1) is 0 Å². The van der Waals surface area contributed by atoms with Gasteiger partial charge in [-0.05, 0) is 18.2 Å². The lowest BCUT2D eigenvalue weighted by molar-refractivity contribution is 0.0383. The molecule has 9 nitrogen and oxygen atoms in total. The summed E-state index contributed by atoms with van der Waals surface area (Å²) in [7, 11) is 1.32. The number of morpholine rings is 1. The Hall–Kier alpha value is -3.04. The van der Waals surface area contributed by atoms with Crippen LogP contribution in [0.4, 0.5) is 11.6 Å². The zero-order valence-corrected chi connectivity index (χ0v) is 15.7. The van der Waals surface area contributed by atoms with Crippen LogP contribution >= 0.6 is 0 Å². The van der Waals surface area contributed by atoms with E-state index in [4.69, 9.17) is 9.47 Å². The number of hydrogen-bond donors (Lipinski definition) is 2. The predicted octanol–water partition coefficient (Wildman–Crippen LogP) is 1.07. The minimum atomic E-state index is -0.472. The molecule has 148 valence electrons. The number of nitrogens with one attached hydrogen (secondary N) is 2. The average Bonchev–Trinajstić information content (AvgIpc) is 2.74. The molecule has 1 amide bonds. The summed E-state index contributed by atoms with van der Waals surface area (Å²) >= 11 is 0. The van der Waals surface area contributed by atoms with E-state index in [2.05, 4.69) is 25.5 Å². The molecular weight excluding hydrogens is 362 g/mol. The topological polar surface area (TPSA) is 106 Å². The Kier molecular flexibility index (Phi) is 6.88. The van der Waals surface area contributed by atoms with Crippen LogP contribution in [0.25, 0.3) is 0 Å². The van der Waals surface area contributed by atoms with Gasteiger partial charge in [0.15, 0.2) is 0 Å². The van der Waals surface area contributed by atoms with E-state index >= 15 is 0 Å². The number of benzene rings is 1. The minimum absolute atomic E-state index is 0.220. The highest BCUT2D eigenvalue weighted by molar-refractivity contribution is 5.96. The third-order valence-corrected chi connectivity index (χ3v) is 4.28. The van der Waals surface area contributed by atoms with Gasteiger partial charge in [-0.3, -0.25) is 9.69 Å². The third kappa shape index (κ3) is 5.24. The summed E-state index contributed by atoms with van der Waals surface area (Å²) in [5.74, 6) is -0.530. The smallest absolute Gasteiger partial charge is 0.339 e. The number of carbonyl (C=O) groups excluding carboxylic acids is 2. The lowest BCUT2D eigenvalue weighted by atomic mass is 10.2. The highest BCUT2D eigenvalue weighted by atomic mass is 16.5. The van der Waals surface area contributed by atoms with Crippen molar-refractivity contribution in [3.63, 3.8) is 0 Å². The van der Waals surface area contributed by atoms with E-state index in [1.807, 2.05) is 0 Å². The molecule has 1 aromatic heterocycles. The summed E-state index contributed by atoms with van der Waals surface area (Å²) in [5.41, 5.74) is 1.10. The van der Waals surface area contributed by atoms with Crippen LogP contribution in [0.2, 0.25) is 0 Å². The summed E-state index contributed by atoms with van der Waals surface area (Å²) in [6, 6.07) is 8.40. The van der Waals surface area contributed by atoms with Gasteiger partial charge < -0.3 is 20.1 Å². The van der Waals surface area contributed by atoms with Gasteiger partial charge in [-0.15, -0.1) is 0 Å². The van der Waals surface area contributed by atoms with Gasteiger partial charge in [-0.1, -0.05) is 12.1 Å². The van der Waals surface area contributed by atoms with Gasteiger partial charge in [0.05, 0.1) is 31.6 Å². The number of rotatable bonds is 7. The largest absolute Gasteiger partial charge is 0.465 e. The molecule has 0 saturated carbocycles. The number of esters is 1. The molecule has 1 saturated heterocycles. The maximum absolute atomic E-state index is 12.4.